The standard InChI is InChI=1S/C24H51O3P/c1-7-13-16-22(10-4)19-25-28(26-20-23(11-5)17-14-8-2)27-21-24(12-6)18-15-9-3/h22-24H,7-21H2,1-6H3/t22-,23-,24-/m1/s1. The van der Waals surface area contributed by atoms with Crippen LogP contribution in [0.25, 0.3) is 0 Å². The van der Waals surface area contributed by atoms with Crippen molar-refractivity contribution in [2.75, 3.05) is 19.8 Å². The van der Waals surface area contributed by atoms with Gasteiger partial charge in [0.05, 0.1) is 19.8 Å². The minimum absolute atomic E-state index is 0.626. The van der Waals surface area contributed by atoms with Gasteiger partial charge in [0, 0.05) is 0 Å². The average Bonchev–Trinajstić information content (AvgIpc) is 2.73. The van der Waals surface area contributed by atoms with Gasteiger partial charge in [-0.05, 0) is 37.0 Å². The van der Waals surface area contributed by atoms with Crippen LogP contribution >= 0.6 is 8.60 Å². The van der Waals surface area contributed by atoms with Gasteiger partial charge in [-0.15, -0.1) is 0 Å². The molecule has 3 atom stereocenters. The van der Waals surface area contributed by atoms with E-state index in [9.17, 15) is 0 Å². The van der Waals surface area contributed by atoms with E-state index in [2.05, 4.69) is 41.5 Å². The summed E-state index contributed by atoms with van der Waals surface area (Å²) in [6.45, 7) is 15.9. The highest BCUT2D eigenvalue weighted by molar-refractivity contribution is 7.41. The van der Waals surface area contributed by atoms with Crippen LogP contribution in [0.3, 0.4) is 0 Å². The summed E-state index contributed by atoms with van der Waals surface area (Å²) in [5.74, 6) is 1.88. The topological polar surface area (TPSA) is 27.7 Å². The minimum atomic E-state index is -1.22. The first-order chi connectivity index (χ1) is 13.6. The van der Waals surface area contributed by atoms with Crippen molar-refractivity contribution in [1.82, 2.24) is 0 Å². The molecule has 0 aliphatic rings. The molecule has 0 rings (SSSR count). The van der Waals surface area contributed by atoms with Crippen LogP contribution in [0.5, 0.6) is 0 Å². The van der Waals surface area contributed by atoms with E-state index in [-0.39, 0.29) is 0 Å². The quantitative estimate of drug-likeness (QED) is 0.174. The number of unbranched alkanes of at least 4 members (excludes halogenated alkanes) is 3. The Hall–Kier alpha value is 0.310. The first-order valence-electron chi connectivity index (χ1n) is 12.3. The van der Waals surface area contributed by atoms with E-state index in [0.29, 0.717) is 17.8 Å². The molecule has 0 spiro atoms. The molecule has 0 fully saturated rings. The highest BCUT2D eigenvalue weighted by Gasteiger charge is 2.20. The molecular weight excluding hydrogens is 367 g/mol. The SMILES string of the molecule is CCCC[C@@H](CC)COP(OC[C@H](CC)CCCC)OC[C@H](CC)CCCC. The third kappa shape index (κ3) is 15.2. The van der Waals surface area contributed by atoms with Gasteiger partial charge in [-0.3, -0.25) is 0 Å². The van der Waals surface area contributed by atoms with Gasteiger partial charge >= 0.3 is 8.60 Å². The predicted octanol–water partition coefficient (Wildman–Crippen LogP) is 8.91. The second-order valence-electron chi connectivity index (χ2n) is 8.36. The lowest BCUT2D eigenvalue weighted by Gasteiger charge is -2.24. The maximum absolute atomic E-state index is 6.21. The average molecular weight is 419 g/mol. The maximum Gasteiger partial charge on any atom is 0.332 e. The van der Waals surface area contributed by atoms with Crippen LogP contribution < -0.4 is 0 Å². The van der Waals surface area contributed by atoms with E-state index in [0.717, 1.165) is 19.8 Å². The fourth-order valence-corrected chi connectivity index (χ4v) is 4.53. The molecule has 0 amide bonds. The fraction of sp³-hybridized carbons (Fsp3) is 1.00. The molecule has 4 heteroatoms. The van der Waals surface area contributed by atoms with Crippen LogP contribution in [0.15, 0.2) is 0 Å². The van der Waals surface area contributed by atoms with Crippen LogP contribution in [-0.2, 0) is 13.6 Å². The van der Waals surface area contributed by atoms with Gasteiger partial charge in [-0.25, -0.2) is 0 Å². The molecular formula is C24H51O3P. The Bertz CT molecular complexity index is 267. The Morgan fingerprint density at radius 1 is 0.500 bits per heavy atom. The van der Waals surface area contributed by atoms with Crippen molar-refractivity contribution in [3.05, 3.63) is 0 Å². The summed E-state index contributed by atoms with van der Waals surface area (Å²) in [4.78, 5) is 0. The molecule has 170 valence electrons. The summed E-state index contributed by atoms with van der Waals surface area (Å²) in [5.41, 5.74) is 0. The van der Waals surface area contributed by atoms with E-state index in [1.165, 1.54) is 77.0 Å². The van der Waals surface area contributed by atoms with Gasteiger partial charge < -0.3 is 13.6 Å². The van der Waals surface area contributed by atoms with Crippen LogP contribution in [-0.4, -0.2) is 19.8 Å². The van der Waals surface area contributed by atoms with E-state index in [1.807, 2.05) is 0 Å². The smallest absolute Gasteiger partial charge is 0.312 e. The molecule has 0 aliphatic carbocycles. The fourth-order valence-electron chi connectivity index (χ4n) is 3.30. The summed E-state index contributed by atoms with van der Waals surface area (Å²) < 4.78 is 18.6. The van der Waals surface area contributed by atoms with Crippen molar-refractivity contribution < 1.29 is 13.6 Å². The van der Waals surface area contributed by atoms with Crippen LogP contribution in [0.4, 0.5) is 0 Å². The lowest BCUT2D eigenvalue weighted by molar-refractivity contribution is 0.110. The number of hydrogen-bond donors (Lipinski definition) is 0. The van der Waals surface area contributed by atoms with E-state index in [4.69, 9.17) is 13.6 Å². The number of hydrogen-bond acceptors (Lipinski definition) is 3. The third-order valence-corrected chi connectivity index (χ3v) is 6.96. The molecule has 0 radical (unpaired) electrons. The summed E-state index contributed by atoms with van der Waals surface area (Å²) >= 11 is 0. The lowest BCUT2D eigenvalue weighted by atomic mass is 10.0. The molecule has 0 unspecified atom stereocenters. The zero-order valence-electron chi connectivity index (χ0n) is 20.0. The normalized spacial score (nSPS) is 15.1. The van der Waals surface area contributed by atoms with Gasteiger partial charge in [-0.2, -0.15) is 0 Å². The van der Waals surface area contributed by atoms with Crippen LogP contribution in [0, 0.1) is 17.8 Å². The molecule has 0 aliphatic heterocycles. The Kier molecular flexibility index (Phi) is 20.8. The monoisotopic (exact) mass is 418 g/mol. The molecule has 0 saturated carbocycles. The molecule has 0 aromatic carbocycles. The van der Waals surface area contributed by atoms with Gasteiger partial charge in [0.1, 0.15) is 0 Å². The Morgan fingerprint density at radius 2 is 0.786 bits per heavy atom. The van der Waals surface area contributed by atoms with E-state index >= 15 is 0 Å². The zero-order chi connectivity index (χ0) is 21.0. The molecule has 28 heavy (non-hydrogen) atoms. The second-order valence-corrected chi connectivity index (χ2v) is 9.58. The van der Waals surface area contributed by atoms with E-state index in [1.54, 1.807) is 0 Å². The van der Waals surface area contributed by atoms with Crippen molar-refractivity contribution >= 4 is 8.60 Å². The van der Waals surface area contributed by atoms with Crippen LogP contribution in [0.1, 0.15) is 119 Å². The molecule has 0 bridgehead atoms. The van der Waals surface area contributed by atoms with Crippen molar-refractivity contribution in [2.45, 2.75) is 119 Å². The Morgan fingerprint density at radius 3 is 1.00 bits per heavy atom. The third-order valence-electron chi connectivity index (χ3n) is 5.88. The summed E-state index contributed by atoms with van der Waals surface area (Å²) in [6.07, 6.45) is 14.9. The van der Waals surface area contributed by atoms with Crippen molar-refractivity contribution in [1.29, 1.82) is 0 Å². The summed E-state index contributed by atoms with van der Waals surface area (Å²) in [7, 11) is -1.22. The van der Waals surface area contributed by atoms with E-state index < -0.39 is 8.60 Å². The van der Waals surface area contributed by atoms with Crippen LogP contribution in [0.2, 0.25) is 0 Å². The van der Waals surface area contributed by atoms with Crippen molar-refractivity contribution in [2.24, 2.45) is 17.8 Å². The highest BCUT2D eigenvalue weighted by Crippen LogP contribution is 2.42. The zero-order valence-corrected chi connectivity index (χ0v) is 20.9. The number of rotatable bonds is 21. The lowest BCUT2D eigenvalue weighted by Crippen LogP contribution is -2.13. The molecule has 0 heterocycles. The van der Waals surface area contributed by atoms with Crippen molar-refractivity contribution in [3.63, 3.8) is 0 Å². The first-order valence-corrected chi connectivity index (χ1v) is 13.4. The second kappa shape index (κ2) is 20.6. The predicted molar refractivity (Wildman–Crippen MR) is 125 cm³/mol. The maximum atomic E-state index is 6.21. The van der Waals surface area contributed by atoms with Gasteiger partial charge in [0.15, 0.2) is 0 Å². The Balaban J connectivity index is 4.60. The molecule has 0 N–H and O–H groups in total. The molecule has 0 aromatic heterocycles. The minimum Gasteiger partial charge on any atom is -0.312 e. The van der Waals surface area contributed by atoms with Gasteiger partial charge in [-0.1, -0.05) is 99.3 Å². The van der Waals surface area contributed by atoms with Gasteiger partial charge in [0.25, 0.3) is 0 Å². The largest absolute Gasteiger partial charge is 0.332 e. The molecule has 0 aromatic rings. The Labute approximate surface area is 178 Å². The summed E-state index contributed by atoms with van der Waals surface area (Å²) in [6, 6.07) is 0. The molecule has 3 nitrogen and oxygen atoms in total. The highest BCUT2D eigenvalue weighted by atomic mass is 31.2. The van der Waals surface area contributed by atoms with Gasteiger partial charge in [0.2, 0.25) is 0 Å². The first kappa shape index (κ1) is 28.3. The van der Waals surface area contributed by atoms with Crippen molar-refractivity contribution in [3.8, 4) is 0 Å². The summed E-state index contributed by atoms with van der Waals surface area (Å²) in [5, 5.41) is 0. The molecule has 0 saturated heterocycles.